The maximum Gasteiger partial charge on any atom is 0.312 e. The van der Waals surface area contributed by atoms with Gasteiger partial charge in [-0.1, -0.05) is 17.7 Å². The first kappa shape index (κ1) is 18.1. The summed E-state index contributed by atoms with van der Waals surface area (Å²) in [7, 11) is -3.95. The van der Waals surface area contributed by atoms with E-state index in [2.05, 4.69) is 0 Å². The Balaban J connectivity index is 1.80. The van der Waals surface area contributed by atoms with E-state index in [0.717, 1.165) is 0 Å². The van der Waals surface area contributed by atoms with Crippen LogP contribution < -0.4 is 15.2 Å². The smallest absolute Gasteiger partial charge is 0.312 e. The minimum absolute atomic E-state index is 0.0132. The van der Waals surface area contributed by atoms with Gasteiger partial charge < -0.3 is 20.3 Å². The van der Waals surface area contributed by atoms with Gasteiger partial charge in [0.25, 0.3) is 0 Å². The minimum Gasteiger partial charge on any atom is -0.481 e. The van der Waals surface area contributed by atoms with Crippen molar-refractivity contribution in [2.24, 2.45) is 11.1 Å². The van der Waals surface area contributed by atoms with E-state index in [9.17, 15) is 18.3 Å². The molecule has 0 spiro atoms. The standard InChI is InChI=1S/C18H16ClNO6S/c19-11-2-4-12(5-3-11)27(23,24)16-15(18(16,8-20)17(21)22)10-1-6-13-14(7-10)26-9-25-13/h1-7,15-16H,8-9,20H2,(H,21,22)/t15-,16+,18-/m0/s1. The summed E-state index contributed by atoms with van der Waals surface area (Å²) < 4.78 is 37.0. The van der Waals surface area contributed by atoms with Crippen LogP contribution >= 0.6 is 11.6 Å². The topological polar surface area (TPSA) is 116 Å². The van der Waals surface area contributed by atoms with E-state index in [1.807, 2.05) is 0 Å². The van der Waals surface area contributed by atoms with Crippen LogP contribution in [0.25, 0.3) is 0 Å². The number of fused-ring (bicyclic) bond motifs is 1. The van der Waals surface area contributed by atoms with Gasteiger partial charge in [0, 0.05) is 17.5 Å². The number of carbonyl (C=O) groups is 1. The predicted molar refractivity (Wildman–Crippen MR) is 96.9 cm³/mol. The molecule has 2 aromatic carbocycles. The first-order valence-electron chi connectivity index (χ1n) is 8.15. The number of nitrogens with two attached hydrogens (primary N) is 1. The molecule has 3 atom stereocenters. The summed E-state index contributed by atoms with van der Waals surface area (Å²) >= 11 is 5.83. The number of aliphatic carboxylic acids is 1. The van der Waals surface area contributed by atoms with Crippen LogP contribution in [0.5, 0.6) is 11.5 Å². The lowest BCUT2D eigenvalue weighted by atomic mass is 9.99. The lowest BCUT2D eigenvalue weighted by molar-refractivity contribution is -0.143. The average Bonchev–Trinajstić information content (AvgIpc) is 3.15. The Morgan fingerprint density at radius 1 is 1.19 bits per heavy atom. The molecule has 0 radical (unpaired) electrons. The van der Waals surface area contributed by atoms with E-state index in [1.54, 1.807) is 18.2 Å². The lowest BCUT2D eigenvalue weighted by Crippen LogP contribution is -2.31. The molecule has 0 saturated heterocycles. The van der Waals surface area contributed by atoms with Crippen molar-refractivity contribution in [3.63, 3.8) is 0 Å². The number of carboxylic acids is 1. The average molecular weight is 410 g/mol. The molecule has 1 fully saturated rings. The molecule has 0 amide bonds. The molecule has 2 aliphatic rings. The second kappa shape index (κ2) is 6.12. The molecule has 3 N–H and O–H groups in total. The van der Waals surface area contributed by atoms with Gasteiger partial charge in [-0.2, -0.15) is 0 Å². The molecule has 9 heteroatoms. The van der Waals surface area contributed by atoms with Gasteiger partial charge in [0.15, 0.2) is 21.3 Å². The highest BCUT2D eigenvalue weighted by Crippen LogP contribution is 2.64. The number of hydrogen-bond acceptors (Lipinski definition) is 6. The van der Waals surface area contributed by atoms with Crippen LogP contribution in [-0.4, -0.2) is 38.1 Å². The van der Waals surface area contributed by atoms with Crippen molar-refractivity contribution >= 4 is 27.4 Å². The van der Waals surface area contributed by atoms with Gasteiger partial charge in [-0.15, -0.1) is 0 Å². The first-order valence-corrected chi connectivity index (χ1v) is 10.1. The number of rotatable bonds is 5. The van der Waals surface area contributed by atoms with E-state index >= 15 is 0 Å². The minimum atomic E-state index is -3.95. The van der Waals surface area contributed by atoms with Gasteiger partial charge >= 0.3 is 5.97 Å². The molecule has 1 aliphatic heterocycles. The largest absolute Gasteiger partial charge is 0.481 e. The van der Waals surface area contributed by atoms with Crippen molar-refractivity contribution in [3.8, 4) is 11.5 Å². The molecule has 2 aromatic rings. The number of benzene rings is 2. The molecule has 0 unspecified atom stereocenters. The van der Waals surface area contributed by atoms with Gasteiger partial charge in [0.05, 0.1) is 10.1 Å². The van der Waals surface area contributed by atoms with Crippen molar-refractivity contribution in [3.05, 3.63) is 53.1 Å². The fourth-order valence-electron chi connectivity index (χ4n) is 3.80. The Hall–Kier alpha value is -2.29. The van der Waals surface area contributed by atoms with E-state index in [0.29, 0.717) is 22.1 Å². The van der Waals surface area contributed by atoms with Gasteiger partial charge in [0.1, 0.15) is 5.41 Å². The number of carboxylic acid groups (broad SMARTS) is 1. The van der Waals surface area contributed by atoms with E-state index in [1.165, 1.54) is 24.3 Å². The summed E-state index contributed by atoms with van der Waals surface area (Å²) in [4.78, 5) is 12.1. The summed E-state index contributed by atoms with van der Waals surface area (Å²) in [5.74, 6) is -1.05. The first-order chi connectivity index (χ1) is 12.8. The molecule has 27 heavy (non-hydrogen) atoms. The van der Waals surface area contributed by atoms with Crippen LogP contribution in [0.15, 0.2) is 47.4 Å². The van der Waals surface area contributed by atoms with Crippen LogP contribution in [0.3, 0.4) is 0 Å². The Labute approximate surface area is 160 Å². The van der Waals surface area contributed by atoms with Gasteiger partial charge in [-0.05, 0) is 42.0 Å². The number of sulfone groups is 1. The zero-order chi connectivity index (χ0) is 19.4. The van der Waals surface area contributed by atoms with Gasteiger partial charge in [-0.3, -0.25) is 4.79 Å². The highest BCUT2D eigenvalue weighted by Gasteiger charge is 2.75. The molecule has 4 rings (SSSR count). The van der Waals surface area contributed by atoms with Gasteiger partial charge in [-0.25, -0.2) is 8.42 Å². The number of hydrogen-bond donors (Lipinski definition) is 2. The molecular weight excluding hydrogens is 394 g/mol. The summed E-state index contributed by atoms with van der Waals surface area (Å²) in [6.07, 6.45) is 0. The maximum atomic E-state index is 13.2. The molecule has 1 aliphatic carbocycles. The van der Waals surface area contributed by atoms with E-state index < -0.39 is 32.4 Å². The van der Waals surface area contributed by atoms with Crippen LogP contribution in [0, 0.1) is 5.41 Å². The van der Waals surface area contributed by atoms with Crippen molar-refractivity contribution in [1.29, 1.82) is 0 Å². The van der Waals surface area contributed by atoms with Crippen LogP contribution in [0.2, 0.25) is 5.02 Å². The second-order valence-electron chi connectivity index (χ2n) is 6.56. The normalized spacial score (nSPS) is 26.0. The predicted octanol–water partition coefficient (Wildman–Crippen LogP) is 2.04. The van der Waals surface area contributed by atoms with Crippen LogP contribution in [0.1, 0.15) is 11.5 Å². The third kappa shape index (κ3) is 2.59. The fraction of sp³-hybridized carbons (Fsp3) is 0.278. The van der Waals surface area contributed by atoms with E-state index in [-0.39, 0.29) is 18.2 Å². The van der Waals surface area contributed by atoms with Crippen LogP contribution in [0.4, 0.5) is 0 Å². The quantitative estimate of drug-likeness (QED) is 0.776. The summed E-state index contributed by atoms with van der Waals surface area (Å²) in [6, 6.07) is 10.6. The molecule has 0 bridgehead atoms. The summed E-state index contributed by atoms with van der Waals surface area (Å²) in [5.41, 5.74) is 4.71. The van der Waals surface area contributed by atoms with E-state index in [4.69, 9.17) is 26.8 Å². The third-order valence-electron chi connectivity index (χ3n) is 5.22. The summed E-state index contributed by atoms with van der Waals surface area (Å²) in [6.45, 7) is -0.240. The number of ether oxygens (including phenoxy) is 2. The third-order valence-corrected chi connectivity index (χ3v) is 7.77. The SMILES string of the molecule is NC[C@@]1(C(=O)O)[C@H](S(=O)(=O)c2ccc(Cl)cc2)[C@@H]1c1ccc2c(c1)OCO2. The fourth-order valence-corrected chi connectivity index (χ4v) is 6.31. The Kier molecular flexibility index (Phi) is 4.10. The Morgan fingerprint density at radius 2 is 1.85 bits per heavy atom. The molecule has 7 nitrogen and oxygen atoms in total. The second-order valence-corrected chi connectivity index (χ2v) is 9.07. The molecule has 0 aromatic heterocycles. The molecular formula is C18H16ClNO6S. The zero-order valence-corrected chi connectivity index (χ0v) is 15.5. The number of halogens is 1. The molecule has 1 heterocycles. The Morgan fingerprint density at radius 3 is 2.48 bits per heavy atom. The van der Waals surface area contributed by atoms with Gasteiger partial charge in [0.2, 0.25) is 6.79 Å². The lowest BCUT2D eigenvalue weighted by Gasteiger charge is -2.10. The van der Waals surface area contributed by atoms with Crippen molar-refractivity contribution in [2.45, 2.75) is 16.1 Å². The highest BCUT2D eigenvalue weighted by molar-refractivity contribution is 7.92. The maximum absolute atomic E-state index is 13.2. The van der Waals surface area contributed by atoms with Crippen LogP contribution in [-0.2, 0) is 14.6 Å². The highest BCUT2D eigenvalue weighted by atomic mass is 35.5. The monoisotopic (exact) mass is 409 g/mol. The molecule has 1 saturated carbocycles. The van der Waals surface area contributed by atoms with Crippen molar-refractivity contribution in [1.82, 2.24) is 0 Å². The zero-order valence-electron chi connectivity index (χ0n) is 14.0. The molecule has 142 valence electrons. The van der Waals surface area contributed by atoms with Crippen molar-refractivity contribution < 1.29 is 27.8 Å². The Bertz CT molecular complexity index is 1020. The summed E-state index contributed by atoms with van der Waals surface area (Å²) in [5, 5.41) is 9.04. The van der Waals surface area contributed by atoms with Crippen molar-refractivity contribution in [2.75, 3.05) is 13.3 Å².